The molecule has 0 heterocycles. The summed E-state index contributed by atoms with van der Waals surface area (Å²) in [4.78, 5) is 2.49. The van der Waals surface area contributed by atoms with Gasteiger partial charge in [-0.05, 0) is 50.9 Å². The van der Waals surface area contributed by atoms with Crippen molar-refractivity contribution in [3.8, 4) is 0 Å². The van der Waals surface area contributed by atoms with Gasteiger partial charge in [0.05, 0.1) is 0 Å². The van der Waals surface area contributed by atoms with Gasteiger partial charge in [-0.25, -0.2) is 4.39 Å². The third kappa shape index (κ3) is 5.59. The number of hydrogen-bond acceptors (Lipinski definition) is 2. The van der Waals surface area contributed by atoms with Crippen molar-refractivity contribution in [1.82, 2.24) is 10.2 Å². The van der Waals surface area contributed by atoms with E-state index in [2.05, 4.69) is 37.9 Å². The summed E-state index contributed by atoms with van der Waals surface area (Å²) in [5, 5.41) is 3.30. The topological polar surface area (TPSA) is 15.3 Å². The summed E-state index contributed by atoms with van der Waals surface area (Å²) >= 11 is 0. The van der Waals surface area contributed by atoms with Crippen LogP contribution in [0.3, 0.4) is 0 Å². The molecule has 0 amide bonds. The first-order chi connectivity index (χ1) is 9.43. The molecule has 1 aromatic rings. The van der Waals surface area contributed by atoms with E-state index >= 15 is 0 Å². The first kappa shape index (κ1) is 17.1. The van der Waals surface area contributed by atoms with Crippen LogP contribution in [0.5, 0.6) is 0 Å². The predicted molar refractivity (Wildman–Crippen MR) is 84.4 cm³/mol. The van der Waals surface area contributed by atoms with Gasteiger partial charge in [0.15, 0.2) is 0 Å². The van der Waals surface area contributed by atoms with E-state index in [0.29, 0.717) is 12.0 Å². The van der Waals surface area contributed by atoms with E-state index in [9.17, 15) is 4.39 Å². The Morgan fingerprint density at radius 1 is 1.20 bits per heavy atom. The maximum atomic E-state index is 13.3. The molecule has 1 rings (SSSR count). The van der Waals surface area contributed by atoms with Crippen molar-refractivity contribution in [2.45, 2.75) is 46.2 Å². The minimum absolute atomic E-state index is 0.161. The number of nitrogens with one attached hydrogen (secondary N) is 1. The lowest BCUT2D eigenvalue weighted by Gasteiger charge is -2.30. The van der Waals surface area contributed by atoms with E-state index in [4.69, 9.17) is 0 Å². The molecule has 0 radical (unpaired) electrons. The second-order valence-electron chi connectivity index (χ2n) is 6.17. The molecule has 0 saturated heterocycles. The fourth-order valence-corrected chi connectivity index (χ4v) is 2.53. The summed E-state index contributed by atoms with van der Waals surface area (Å²) in [6, 6.07) is 7.65. The lowest BCUT2D eigenvalue weighted by Crippen LogP contribution is -2.36. The van der Waals surface area contributed by atoms with Crippen molar-refractivity contribution in [1.29, 1.82) is 0 Å². The minimum Gasteiger partial charge on any atom is -0.313 e. The van der Waals surface area contributed by atoms with E-state index in [1.54, 1.807) is 12.1 Å². The van der Waals surface area contributed by atoms with Gasteiger partial charge >= 0.3 is 0 Å². The van der Waals surface area contributed by atoms with Crippen molar-refractivity contribution in [2.75, 3.05) is 20.1 Å². The molecule has 0 aliphatic rings. The van der Waals surface area contributed by atoms with Gasteiger partial charge in [-0.15, -0.1) is 0 Å². The molecule has 0 aliphatic carbocycles. The van der Waals surface area contributed by atoms with Gasteiger partial charge in [-0.3, -0.25) is 0 Å². The van der Waals surface area contributed by atoms with Crippen molar-refractivity contribution in [3.63, 3.8) is 0 Å². The van der Waals surface area contributed by atoms with Gasteiger partial charge < -0.3 is 10.2 Å². The average Bonchev–Trinajstić information content (AvgIpc) is 2.37. The first-order valence-electron chi connectivity index (χ1n) is 7.60. The standard InChI is InChI=1S/C17H29FN2/c1-13(2)12-20(14(3)4)10-9-17(19-5)15-7-6-8-16(18)11-15/h6-8,11,13-14,17,19H,9-10,12H2,1-5H3. The summed E-state index contributed by atoms with van der Waals surface area (Å²) < 4.78 is 13.3. The Morgan fingerprint density at radius 3 is 2.40 bits per heavy atom. The second-order valence-corrected chi connectivity index (χ2v) is 6.17. The van der Waals surface area contributed by atoms with E-state index in [1.165, 1.54) is 6.07 Å². The van der Waals surface area contributed by atoms with Crippen LogP contribution in [0, 0.1) is 11.7 Å². The van der Waals surface area contributed by atoms with Crippen LogP contribution < -0.4 is 5.32 Å². The summed E-state index contributed by atoms with van der Waals surface area (Å²) in [6.45, 7) is 11.1. The zero-order valence-corrected chi connectivity index (χ0v) is 13.5. The van der Waals surface area contributed by atoms with Gasteiger partial charge in [0.1, 0.15) is 5.82 Å². The lowest BCUT2D eigenvalue weighted by atomic mass is 10.0. The highest BCUT2D eigenvalue weighted by molar-refractivity contribution is 5.20. The highest BCUT2D eigenvalue weighted by Gasteiger charge is 2.15. The van der Waals surface area contributed by atoms with Crippen molar-refractivity contribution >= 4 is 0 Å². The summed E-state index contributed by atoms with van der Waals surface area (Å²) in [6.07, 6.45) is 0.991. The van der Waals surface area contributed by atoms with Crippen LogP contribution in [-0.2, 0) is 0 Å². The molecule has 0 aromatic heterocycles. The maximum absolute atomic E-state index is 13.3. The SMILES string of the molecule is CNC(CCN(CC(C)C)C(C)C)c1cccc(F)c1. The molecule has 114 valence electrons. The molecule has 0 aliphatic heterocycles. The molecule has 0 bridgehead atoms. The smallest absolute Gasteiger partial charge is 0.123 e. The fraction of sp³-hybridized carbons (Fsp3) is 0.647. The molecule has 1 aromatic carbocycles. The molecular weight excluding hydrogens is 251 g/mol. The highest BCUT2D eigenvalue weighted by Crippen LogP contribution is 2.18. The Bertz CT molecular complexity index is 390. The largest absolute Gasteiger partial charge is 0.313 e. The van der Waals surface area contributed by atoms with E-state index in [1.807, 2.05) is 13.1 Å². The number of benzene rings is 1. The molecule has 1 N–H and O–H groups in total. The number of nitrogens with zero attached hydrogens (tertiary/aromatic N) is 1. The monoisotopic (exact) mass is 280 g/mol. The number of hydrogen-bond donors (Lipinski definition) is 1. The lowest BCUT2D eigenvalue weighted by molar-refractivity contribution is 0.188. The Hall–Kier alpha value is -0.930. The molecular formula is C17H29FN2. The third-order valence-corrected chi connectivity index (χ3v) is 3.63. The van der Waals surface area contributed by atoms with Crippen molar-refractivity contribution in [2.24, 2.45) is 5.92 Å². The Morgan fingerprint density at radius 2 is 1.90 bits per heavy atom. The summed E-state index contributed by atoms with van der Waals surface area (Å²) in [7, 11) is 1.94. The molecule has 0 fully saturated rings. The van der Waals surface area contributed by atoms with Gasteiger partial charge in [0.25, 0.3) is 0 Å². The summed E-state index contributed by atoms with van der Waals surface area (Å²) in [5.74, 6) is 0.505. The Balaban J connectivity index is 2.64. The number of rotatable bonds is 8. The van der Waals surface area contributed by atoms with Crippen molar-refractivity contribution in [3.05, 3.63) is 35.6 Å². The molecule has 0 saturated carbocycles. The molecule has 1 atom stereocenters. The van der Waals surface area contributed by atoms with E-state index < -0.39 is 0 Å². The zero-order chi connectivity index (χ0) is 15.1. The van der Waals surface area contributed by atoms with Crippen LogP contribution in [0.15, 0.2) is 24.3 Å². The number of halogens is 1. The quantitative estimate of drug-likeness (QED) is 0.778. The minimum atomic E-state index is -0.161. The van der Waals surface area contributed by atoms with Crippen LogP contribution in [0.2, 0.25) is 0 Å². The molecule has 0 spiro atoms. The fourth-order valence-electron chi connectivity index (χ4n) is 2.53. The van der Waals surface area contributed by atoms with Crippen molar-refractivity contribution < 1.29 is 4.39 Å². The molecule has 20 heavy (non-hydrogen) atoms. The predicted octanol–water partition coefficient (Wildman–Crippen LogP) is 3.84. The normalized spacial score (nSPS) is 13.4. The summed E-state index contributed by atoms with van der Waals surface area (Å²) in [5.41, 5.74) is 1.03. The Labute approximate surface area is 123 Å². The van der Waals surface area contributed by atoms with Crippen LogP contribution >= 0.6 is 0 Å². The zero-order valence-electron chi connectivity index (χ0n) is 13.5. The average molecular weight is 280 g/mol. The molecule has 3 heteroatoms. The maximum Gasteiger partial charge on any atom is 0.123 e. The third-order valence-electron chi connectivity index (χ3n) is 3.63. The van der Waals surface area contributed by atoms with E-state index in [-0.39, 0.29) is 11.9 Å². The highest BCUT2D eigenvalue weighted by atomic mass is 19.1. The first-order valence-corrected chi connectivity index (χ1v) is 7.60. The van der Waals surface area contributed by atoms with Gasteiger partial charge in [0.2, 0.25) is 0 Å². The molecule has 2 nitrogen and oxygen atoms in total. The molecule has 1 unspecified atom stereocenters. The van der Waals surface area contributed by atoms with Gasteiger partial charge in [-0.2, -0.15) is 0 Å². The van der Waals surface area contributed by atoms with Gasteiger partial charge in [-0.1, -0.05) is 26.0 Å². The Kier molecular flexibility index (Phi) is 7.17. The van der Waals surface area contributed by atoms with Crippen LogP contribution in [0.1, 0.15) is 45.7 Å². The van der Waals surface area contributed by atoms with Crippen LogP contribution in [-0.4, -0.2) is 31.1 Å². The second kappa shape index (κ2) is 8.38. The van der Waals surface area contributed by atoms with Gasteiger partial charge in [0, 0.05) is 25.2 Å². The van der Waals surface area contributed by atoms with Crippen LogP contribution in [0.25, 0.3) is 0 Å². The van der Waals surface area contributed by atoms with E-state index in [0.717, 1.165) is 25.1 Å². The van der Waals surface area contributed by atoms with Crippen LogP contribution in [0.4, 0.5) is 4.39 Å².